The van der Waals surface area contributed by atoms with Gasteiger partial charge in [-0.1, -0.05) is 16.4 Å². The molecule has 0 saturated carbocycles. The van der Waals surface area contributed by atoms with Crippen molar-refractivity contribution in [2.24, 2.45) is 10.3 Å². The third kappa shape index (κ3) is 1.36. The zero-order chi connectivity index (χ0) is 12.5. The number of aromatic nitrogens is 2. The average molecular weight is 242 g/mol. The van der Waals surface area contributed by atoms with Gasteiger partial charge in [-0.15, -0.1) is 0 Å². The number of fused-ring (bicyclic) bond motifs is 3. The Morgan fingerprint density at radius 3 is 2.44 bits per heavy atom. The van der Waals surface area contributed by atoms with Gasteiger partial charge in [-0.3, -0.25) is 0 Å². The van der Waals surface area contributed by atoms with Crippen molar-refractivity contribution in [3.63, 3.8) is 0 Å². The van der Waals surface area contributed by atoms with Crippen LogP contribution in [0.1, 0.15) is 11.1 Å². The molecule has 0 fully saturated rings. The number of aromatic amines is 2. The summed E-state index contributed by atoms with van der Waals surface area (Å²) in [4.78, 5) is 6.24. The molecule has 3 aromatic rings. The van der Waals surface area contributed by atoms with Gasteiger partial charge >= 0.3 is 0 Å². The number of benzene rings is 1. The Balaban J connectivity index is 2.41. The summed E-state index contributed by atoms with van der Waals surface area (Å²) in [5, 5.41) is 25.2. The zero-order valence-corrected chi connectivity index (χ0v) is 9.25. The summed E-state index contributed by atoms with van der Waals surface area (Å²) in [6, 6.07) is 3.86. The lowest BCUT2D eigenvalue weighted by atomic mass is 10.1. The summed E-state index contributed by atoms with van der Waals surface area (Å²) in [6.07, 6.45) is 6.28. The third-order valence-electron chi connectivity index (χ3n) is 2.95. The predicted octanol–water partition coefficient (Wildman–Crippen LogP) is 2.27. The van der Waals surface area contributed by atoms with Gasteiger partial charge < -0.3 is 20.4 Å². The van der Waals surface area contributed by atoms with Gasteiger partial charge in [-0.2, -0.15) is 0 Å². The van der Waals surface area contributed by atoms with Gasteiger partial charge in [0.25, 0.3) is 0 Å². The van der Waals surface area contributed by atoms with Gasteiger partial charge in [0.1, 0.15) is 0 Å². The first-order chi connectivity index (χ1) is 8.85. The highest BCUT2D eigenvalue weighted by Crippen LogP contribution is 2.28. The van der Waals surface area contributed by atoms with E-state index in [2.05, 4.69) is 20.3 Å². The van der Waals surface area contributed by atoms with Crippen molar-refractivity contribution in [2.45, 2.75) is 0 Å². The Bertz CT molecular complexity index is 767. The van der Waals surface area contributed by atoms with Crippen LogP contribution in [0, 0.1) is 0 Å². The molecule has 0 aliphatic heterocycles. The van der Waals surface area contributed by atoms with Crippen molar-refractivity contribution < 1.29 is 10.4 Å². The van der Waals surface area contributed by atoms with Crippen LogP contribution in [0.4, 0.5) is 0 Å². The molecule has 0 spiro atoms. The number of hydrogen-bond donors (Lipinski definition) is 4. The minimum Gasteiger partial charge on any atom is -0.411 e. The molecule has 0 bridgehead atoms. The highest BCUT2D eigenvalue weighted by atomic mass is 16.4. The van der Waals surface area contributed by atoms with Crippen molar-refractivity contribution in [3.05, 3.63) is 35.7 Å². The second-order valence-electron chi connectivity index (χ2n) is 3.89. The molecule has 6 heteroatoms. The molecule has 90 valence electrons. The fourth-order valence-corrected chi connectivity index (χ4v) is 2.20. The van der Waals surface area contributed by atoms with Gasteiger partial charge in [0, 0.05) is 39.8 Å². The fraction of sp³-hybridized carbons (Fsp3) is 0. The molecule has 0 unspecified atom stereocenters. The molecule has 18 heavy (non-hydrogen) atoms. The molecule has 0 atom stereocenters. The molecule has 3 rings (SSSR count). The molecule has 2 heterocycles. The van der Waals surface area contributed by atoms with E-state index in [0.29, 0.717) is 0 Å². The van der Waals surface area contributed by atoms with E-state index in [1.54, 1.807) is 12.4 Å². The first kappa shape index (κ1) is 10.4. The minimum absolute atomic E-state index is 0.785. The summed E-state index contributed by atoms with van der Waals surface area (Å²) in [5.41, 5.74) is 3.42. The van der Waals surface area contributed by atoms with Gasteiger partial charge in [-0.25, -0.2) is 0 Å². The molecule has 0 aliphatic carbocycles. The van der Waals surface area contributed by atoms with Crippen LogP contribution in [0.25, 0.3) is 21.8 Å². The number of H-pyrrole nitrogens is 2. The lowest BCUT2D eigenvalue weighted by Gasteiger charge is -1.96. The Morgan fingerprint density at radius 1 is 0.944 bits per heavy atom. The van der Waals surface area contributed by atoms with E-state index < -0.39 is 0 Å². The number of oxime groups is 2. The van der Waals surface area contributed by atoms with E-state index >= 15 is 0 Å². The summed E-state index contributed by atoms with van der Waals surface area (Å²) >= 11 is 0. The summed E-state index contributed by atoms with van der Waals surface area (Å²) in [6.45, 7) is 0. The van der Waals surface area contributed by atoms with Crippen LogP contribution in [0.2, 0.25) is 0 Å². The smallest absolute Gasteiger partial charge is 0.0756 e. The summed E-state index contributed by atoms with van der Waals surface area (Å²) in [7, 11) is 0. The number of nitrogens with one attached hydrogen (secondary N) is 2. The van der Waals surface area contributed by atoms with E-state index in [1.807, 2.05) is 12.1 Å². The predicted molar refractivity (Wildman–Crippen MR) is 68.9 cm³/mol. The Labute approximate surface area is 101 Å². The first-order valence-corrected chi connectivity index (χ1v) is 5.31. The van der Waals surface area contributed by atoms with Crippen molar-refractivity contribution in [1.29, 1.82) is 0 Å². The lowest BCUT2D eigenvalue weighted by molar-refractivity contribution is 0.321. The Hall–Kier alpha value is -2.76. The van der Waals surface area contributed by atoms with E-state index in [1.165, 1.54) is 12.4 Å². The van der Waals surface area contributed by atoms with Crippen LogP contribution in [0.15, 0.2) is 34.8 Å². The van der Waals surface area contributed by atoms with Gasteiger partial charge in [-0.05, 0) is 6.07 Å². The van der Waals surface area contributed by atoms with Crippen molar-refractivity contribution >= 4 is 34.2 Å². The van der Waals surface area contributed by atoms with Crippen LogP contribution >= 0.6 is 0 Å². The standard InChI is InChI=1S/C12H10N4O2/c17-15-5-7-3-14-12-9(7)1-2-10-11(12)8(4-13-10)6-16-18/h1-6,13-14,17-18H/b15-5-,16-6-. The average Bonchev–Trinajstić information content (AvgIpc) is 2.95. The number of rotatable bonds is 2. The van der Waals surface area contributed by atoms with E-state index in [9.17, 15) is 0 Å². The normalized spacial score (nSPS) is 12.4. The molecule has 0 radical (unpaired) electrons. The summed E-state index contributed by atoms with van der Waals surface area (Å²) < 4.78 is 0. The second-order valence-corrected chi connectivity index (χ2v) is 3.89. The minimum atomic E-state index is 0.785. The Kier molecular flexibility index (Phi) is 2.26. The first-order valence-electron chi connectivity index (χ1n) is 5.31. The van der Waals surface area contributed by atoms with E-state index in [4.69, 9.17) is 10.4 Å². The summed E-state index contributed by atoms with van der Waals surface area (Å²) in [5.74, 6) is 0. The number of nitrogens with zero attached hydrogens (tertiary/aromatic N) is 2. The lowest BCUT2D eigenvalue weighted by Crippen LogP contribution is -1.80. The highest BCUT2D eigenvalue weighted by molar-refractivity contribution is 6.15. The molecule has 0 amide bonds. The van der Waals surface area contributed by atoms with Crippen LogP contribution < -0.4 is 0 Å². The van der Waals surface area contributed by atoms with Crippen molar-refractivity contribution in [2.75, 3.05) is 0 Å². The monoisotopic (exact) mass is 242 g/mol. The Morgan fingerprint density at radius 2 is 1.67 bits per heavy atom. The number of hydrogen-bond acceptors (Lipinski definition) is 4. The topological polar surface area (TPSA) is 96.8 Å². The van der Waals surface area contributed by atoms with E-state index in [-0.39, 0.29) is 0 Å². The van der Waals surface area contributed by atoms with Gasteiger partial charge in [0.15, 0.2) is 0 Å². The molecule has 2 aromatic heterocycles. The van der Waals surface area contributed by atoms with Crippen molar-refractivity contribution in [1.82, 2.24) is 9.97 Å². The maximum absolute atomic E-state index is 8.65. The fourth-order valence-electron chi connectivity index (χ4n) is 2.20. The van der Waals surface area contributed by atoms with E-state index in [0.717, 1.165) is 32.9 Å². The SMILES string of the molecule is O/N=C\c1c[nH]c2c1ccc1[nH]cc(/C=N\O)c12. The van der Waals surface area contributed by atoms with Crippen LogP contribution in [-0.4, -0.2) is 32.8 Å². The molecular weight excluding hydrogens is 232 g/mol. The molecule has 0 aliphatic rings. The maximum Gasteiger partial charge on any atom is 0.0756 e. The maximum atomic E-state index is 8.65. The molecular formula is C12H10N4O2. The second kappa shape index (κ2) is 3.92. The van der Waals surface area contributed by atoms with Crippen LogP contribution in [0.3, 0.4) is 0 Å². The largest absolute Gasteiger partial charge is 0.411 e. The molecule has 1 aromatic carbocycles. The van der Waals surface area contributed by atoms with Gasteiger partial charge in [0.05, 0.1) is 17.9 Å². The molecule has 4 N–H and O–H groups in total. The highest BCUT2D eigenvalue weighted by Gasteiger charge is 2.10. The van der Waals surface area contributed by atoms with Crippen LogP contribution in [0.5, 0.6) is 0 Å². The molecule has 6 nitrogen and oxygen atoms in total. The molecule has 0 saturated heterocycles. The van der Waals surface area contributed by atoms with Crippen molar-refractivity contribution in [3.8, 4) is 0 Å². The van der Waals surface area contributed by atoms with Crippen LogP contribution in [-0.2, 0) is 0 Å². The third-order valence-corrected chi connectivity index (χ3v) is 2.95. The zero-order valence-electron chi connectivity index (χ0n) is 9.25. The quantitative estimate of drug-likeness (QED) is 0.315. The van der Waals surface area contributed by atoms with Gasteiger partial charge in [0.2, 0.25) is 0 Å².